The number of hydrogen-bond donors (Lipinski definition) is 1. The van der Waals surface area contributed by atoms with Gasteiger partial charge < -0.3 is 4.74 Å². The Labute approximate surface area is 160 Å². The third-order valence-electron chi connectivity index (χ3n) is 4.87. The van der Waals surface area contributed by atoms with E-state index in [0.29, 0.717) is 12.4 Å². The van der Waals surface area contributed by atoms with Crippen molar-refractivity contribution in [2.45, 2.75) is 40.2 Å². The summed E-state index contributed by atoms with van der Waals surface area (Å²) in [5.41, 5.74) is 4.56. The molecule has 0 bridgehead atoms. The summed E-state index contributed by atoms with van der Waals surface area (Å²) in [6, 6.07) is 11.1. The minimum atomic E-state index is -3.60. The molecule has 2 aromatic rings. The molecule has 1 N–H and O–H groups in total. The van der Waals surface area contributed by atoms with Gasteiger partial charge in [-0.05, 0) is 73.9 Å². The van der Waals surface area contributed by atoms with Gasteiger partial charge in [0.05, 0.1) is 5.75 Å². The van der Waals surface area contributed by atoms with Gasteiger partial charge in [0, 0.05) is 5.56 Å². The van der Waals surface area contributed by atoms with Crippen molar-refractivity contribution >= 4 is 15.9 Å². The monoisotopic (exact) mass is 387 g/mol. The molecule has 0 aliphatic heterocycles. The number of nitrogens with one attached hydrogen (secondary N) is 1. The topological polar surface area (TPSA) is 72.5 Å². The molecule has 3 rings (SSSR count). The molecule has 1 aliphatic carbocycles. The fraction of sp³-hybridized carbons (Fsp3) is 0.381. The summed E-state index contributed by atoms with van der Waals surface area (Å²) in [6.45, 7) is 6.36. The van der Waals surface area contributed by atoms with Crippen molar-refractivity contribution in [1.82, 2.24) is 4.72 Å². The van der Waals surface area contributed by atoms with E-state index in [1.807, 2.05) is 39.0 Å². The molecule has 0 saturated heterocycles. The summed E-state index contributed by atoms with van der Waals surface area (Å²) in [5, 5.41) is 0. The lowest BCUT2D eigenvalue weighted by atomic mass is 10.0. The second-order valence-corrected chi connectivity index (χ2v) is 9.06. The first-order chi connectivity index (χ1) is 12.7. The number of rotatable bonds is 7. The van der Waals surface area contributed by atoms with Crippen LogP contribution in [0.1, 0.15) is 45.5 Å². The standard InChI is InChI=1S/C21H25NO4S/c1-14-5-4-6-15(2)19(14)12-26-20-11-18(10-7-16(20)3)21(23)22-27(24,25)13-17-8-9-17/h4-7,10-11,17H,8-9,12-13H2,1-3H3,(H,22,23). The smallest absolute Gasteiger partial charge is 0.264 e. The van der Waals surface area contributed by atoms with Crippen LogP contribution in [-0.2, 0) is 16.6 Å². The molecule has 2 aromatic carbocycles. The van der Waals surface area contributed by atoms with Crippen LogP contribution in [0.2, 0.25) is 0 Å². The zero-order valence-electron chi connectivity index (χ0n) is 15.9. The summed E-state index contributed by atoms with van der Waals surface area (Å²) >= 11 is 0. The Hall–Kier alpha value is -2.34. The highest BCUT2D eigenvalue weighted by atomic mass is 32.2. The SMILES string of the molecule is Cc1ccc(C(=O)NS(=O)(=O)CC2CC2)cc1OCc1c(C)cccc1C. The third kappa shape index (κ3) is 5.10. The zero-order valence-corrected chi connectivity index (χ0v) is 16.7. The average Bonchev–Trinajstić information content (AvgIpc) is 3.38. The Kier molecular flexibility index (Phi) is 5.56. The van der Waals surface area contributed by atoms with Crippen molar-refractivity contribution in [2.75, 3.05) is 5.75 Å². The second-order valence-electron chi connectivity index (χ2n) is 7.30. The van der Waals surface area contributed by atoms with Crippen LogP contribution in [-0.4, -0.2) is 20.1 Å². The van der Waals surface area contributed by atoms with Gasteiger partial charge in [-0.2, -0.15) is 0 Å². The first-order valence-corrected chi connectivity index (χ1v) is 10.7. The Balaban J connectivity index is 1.72. The zero-order chi connectivity index (χ0) is 19.6. The van der Waals surface area contributed by atoms with Crippen LogP contribution in [0.15, 0.2) is 36.4 Å². The molecule has 1 fully saturated rings. The van der Waals surface area contributed by atoms with Crippen molar-refractivity contribution in [1.29, 1.82) is 0 Å². The number of carbonyl (C=O) groups excluding carboxylic acids is 1. The predicted molar refractivity (Wildman–Crippen MR) is 105 cm³/mol. The first kappa shape index (κ1) is 19.4. The van der Waals surface area contributed by atoms with Gasteiger partial charge in [-0.3, -0.25) is 4.79 Å². The summed E-state index contributed by atoms with van der Waals surface area (Å²) < 4.78 is 32.2. The van der Waals surface area contributed by atoms with Crippen LogP contribution in [0.4, 0.5) is 0 Å². The summed E-state index contributed by atoms with van der Waals surface area (Å²) in [4.78, 5) is 12.4. The predicted octanol–water partition coefficient (Wildman–Crippen LogP) is 3.66. The highest BCUT2D eigenvalue weighted by Gasteiger charge is 2.29. The molecule has 0 aromatic heterocycles. The summed E-state index contributed by atoms with van der Waals surface area (Å²) in [7, 11) is -3.60. The van der Waals surface area contributed by atoms with Crippen molar-refractivity contribution < 1.29 is 17.9 Å². The van der Waals surface area contributed by atoms with Crippen LogP contribution in [0.3, 0.4) is 0 Å². The van der Waals surface area contributed by atoms with Crippen LogP contribution in [0.5, 0.6) is 5.75 Å². The molecule has 1 saturated carbocycles. The number of aryl methyl sites for hydroxylation is 3. The number of benzene rings is 2. The molecule has 6 heteroatoms. The van der Waals surface area contributed by atoms with E-state index in [1.54, 1.807) is 18.2 Å². The Bertz CT molecular complexity index is 942. The highest BCUT2D eigenvalue weighted by molar-refractivity contribution is 7.90. The summed E-state index contributed by atoms with van der Waals surface area (Å²) in [6.07, 6.45) is 1.83. The van der Waals surface area contributed by atoms with E-state index in [2.05, 4.69) is 4.72 Å². The van der Waals surface area contributed by atoms with Crippen molar-refractivity contribution in [3.63, 3.8) is 0 Å². The maximum atomic E-state index is 12.4. The van der Waals surface area contributed by atoms with Crippen LogP contribution in [0.25, 0.3) is 0 Å². The second kappa shape index (κ2) is 7.72. The van der Waals surface area contributed by atoms with Gasteiger partial charge in [-0.15, -0.1) is 0 Å². The Morgan fingerprint density at radius 3 is 2.37 bits per heavy atom. The highest BCUT2D eigenvalue weighted by Crippen LogP contribution is 2.30. The lowest BCUT2D eigenvalue weighted by Gasteiger charge is -2.14. The molecule has 0 spiro atoms. The van der Waals surface area contributed by atoms with E-state index >= 15 is 0 Å². The molecule has 5 nitrogen and oxygen atoms in total. The van der Waals surface area contributed by atoms with Crippen LogP contribution < -0.4 is 9.46 Å². The maximum Gasteiger partial charge on any atom is 0.264 e. The normalized spacial score (nSPS) is 14.0. The lowest BCUT2D eigenvalue weighted by Crippen LogP contribution is -2.33. The van der Waals surface area contributed by atoms with E-state index in [1.165, 1.54) is 0 Å². The van der Waals surface area contributed by atoms with Gasteiger partial charge in [-0.25, -0.2) is 13.1 Å². The van der Waals surface area contributed by atoms with Gasteiger partial charge in [0.1, 0.15) is 12.4 Å². The molecule has 0 unspecified atom stereocenters. The average molecular weight is 388 g/mol. The van der Waals surface area contributed by atoms with E-state index in [-0.39, 0.29) is 17.2 Å². The van der Waals surface area contributed by atoms with Gasteiger partial charge in [-0.1, -0.05) is 24.3 Å². The molecule has 1 amide bonds. The third-order valence-corrected chi connectivity index (χ3v) is 6.27. The quantitative estimate of drug-likeness (QED) is 0.787. The van der Waals surface area contributed by atoms with Crippen LogP contribution in [0, 0.1) is 26.7 Å². The molecular weight excluding hydrogens is 362 g/mol. The van der Waals surface area contributed by atoms with Gasteiger partial charge in [0.15, 0.2) is 0 Å². The Morgan fingerprint density at radius 2 is 1.74 bits per heavy atom. The first-order valence-electron chi connectivity index (χ1n) is 9.08. The van der Waals surface area contributed by atoms with Crippen molar-refractivity contribution in [3.8, 4) is 5.75 Å². The number of sulfonamides is 1. The van der Waals surface area contributed by atoms with Gasteiger partial charge in [0.25, 0.3) is 5.91 Å². The van der Waals surface area contributed by atoms with Gasteiger partial charge in [0.2, 0.25) is 10.0 Å². The van der Waals surface area contributed by atoms with E-state index < -0.39 is 15.9 Å². The molecule has 144 valence electrons. The number of carbonyl (C=O) groups is 1. The van der Waals surface area contributed by atoms with Crippen molar-refractivity contribution in [3.05, 3.63) is 64.2 Å². The molecule has 0 heterocycles. The van der Waals surface area contributed by atoms with E-state index in [0.717, 1.165) is 35.1 Å². The summed E-state index contributed by atoms with van der Waals surface area (Å²) in [5.74, 6) is 0.155. The Morgan fingerprint density at radius 1 is 1.07 bits per heavy atom. The molecule has 1 aliphatic rings. The fourth-order valence-corrected chi connectivity index (χ4v) is 4.40. The van der Waals surface area contributed by atoms with Gasteiger partial charge >= 0.3 is 0 Å². The minimum Gasteiger partial charge on any atom is -0.489 e. The number of hydrogen-bond acceptors (Lipinski definition) is 4. The largest absolute Gasteiger partial charge is 0.489 e. The molecule has 0 atom stereocenters. The molecular formula is C21H25NO4S. The fourth-order valence-electron chi connectivity index (χ4n) is 2.96. The van der Waals surface area contributed by atoms with Crippen LogP contribution >= 0.6 is 0 Å². The minimum absolute atomic E-state index is 0.0144. The van der Waals surface area contributed by atoms with Crippen molar-refractivity contribution in [2.24, 2.45) is 5.92 Å². The number of amides is 1. The number of ether oxygens (including phenoxy) is 1. The van der Waals surface area contributed by atoms with E-state index in [4.69, 9.17) is 4.74 Å². The van der Waals surface area contributed by atoms with E-state index in [9.17, 15) is 13.2 Å². The molecule has 0 radical (unpaired) electrons. The molecule has 27 heavy (non-hydrogen) atoms. The maximum absolute atomic E-state index is 12.4. The lowest BCUT2D eigenvalue weighted by molar-refractivity contribution is 0.0981.